The zero-order chi connectivity index (χ0) is 17.1. The molecule has 0 aliphatic carbocycles. The molecule has 4 heterocycles. The summed E-state index contributed by atoms with van der Waals surface area (Å²) in [6, 6.07) is 0. The van der Waals surface area contributed by atoms with Crippen LogP contribution in [0.15, 0.2) is 24.8 Å². The second-order valence-electron chi connectivity index (χ2n) is 7.05. The molecule has 0 N–H and O–H groups in total. The van der Waals surface area contributed by atoms with Crippen molar-refractivity contribution in [3.05, 3.63) is 30.5 Å². The van der Waals surface area contributed by atoms with E-state index >= 15 is 0 Å². The first-order valence-electron chi connectivity index (χ1n) is 9.28. The quantitative estimate of drug-likeness (QED) is 0.825. The number of hydrogen-bond donors (Lipinski definition) is 0. The average Bonchev–Trinajstić information content (AvgIpc) is 3.24. The van der Waals surface area contributed by atoms with E-state index in [0.29, 0.717) is 12.5 Å². The van der Waals surface area contributed by atoms with Crippen molar-refractivity contribution in [2.24, 2.45) is 0 Å². The van der Waals surface area contributed by atoms with Gasteiger partial charge in [0.15, 0.2) is 5.65 Å². The lowest BCUT2D eigenvalue weighted by molar-refractivity contribution is -0.131. The van der Waals surface area contributed by atoms with Crippen molar-refractivity contribution < 1.29 is 4.79 Å². The molecule has 4 rings (SSSR count). The van der Waals surface area contributed by atoms with E-state index in [-0.39, 0.29) is 0 Å². The molecule has 25 heavy (non-hydrogen) atoms. The van der Waals surface area contributed by atoms with E-state index < -0.39 is 0 Å². The molecule has 0 unspecified atom stereocenters. The van der Waals surface area contributed by atoms with Crippen LogP contribution in [0.25, 0.3) is 5.65 Å². The lowest BCUT2D eigenvalue weighted by Crippen LogP contribution is -2.40. The summed E-state index contributed by atoms with van der Waals surface area (Å²) in [4.78, 5) is 27.7. The first-order chi connectivity index (χ1) is 12.3. The molecule has 2 aliphatic rings. The SMILES string of the molecule is O=C(CN1CCCN(Cc2cnc3cnccn23)CC1)N1CCCC1. The topological polar surface area (TPSA) is 57.0 Å². The van der Waals surface area contributed by atoms with E-state index in [4.69, 9.17) is 0 Å². The van der Waals surface area contributed by atoms with Gasteiger partial charge in [-0.1, -0.05) is 0 Å². The first-order valence-corrected chi connectivity index (χ1v) is 9.28. The Bertz CT molecular complexity index is 723. The van der Waals surface area contributed by atoms with Crippen LogP contribution in [0.4, 0.5) is 0 Å². The van der Waals surface area contributed by atoms with Gasteiger partial charge in [-0.25, -0.2) is 4.98 Å². The molecule has 134 valence electrons. The maximum Gasteiger partial charge on any atom is 0.236 e. The summed E-state index contributed by atoms with van der Waals surface area (Å²) >= 11 is 0. The molecular weight excluding hydrogens is 316 g/mol. The van der Waals surface area contributed by atoms with Gasteiger partial charge in [0.1, 0.15) is 0 Å². The van der Waals surface area contributed by atoms with Gasteiger partial charge in [-0.2, -0.15) is 0 Å². The zero-order valence-electron chi connectivity index (χ0n) is 14.7. The van der Waals surface area contributed by atoms with Gasteiger partial charge in [0.05, 0.1) is 24.6 Å². The standard InChI is InChI=1S/C18H26N6O/c25-18(23-7-1-2-8-23)15-22-6-3-5-21(10-11-22)14-16-12-20-17-13-19-4-9-24(16)17/h4,9,12-13H,1-3,5-8,10-11,14-15H2. The molecule has 7 nitrogen and oxygen atoms in total. The minimum Gasteiger partial charge on any atom is -0.342 e. The van der Waals surface area contributed by atoms with Crippen LogP contribution in [0, 0.1) is 0 Å². The van der Waals surface area contributed by atoms with Crippen molar-refractivity contribution in [1.29, 1.82) is 0 Å². The number of amides is 1. The van der Waals surface area contributed by atoms with E-state index in [2.05, 4.69) is 24.2 Å². The Kier molecular flexibility index (Phi) is 4.94. The van der Waals surface area contributed by atoms with Gasteiger partial charge < -0.3 is 4.90 Å². The van der Waals surface area contributed by atoms with E-state index in [0.717, 1.165) is 70.7 Å². The summed E-state index contributed by atoms with van der Waals surface area (Å²) in [6.45, 7) is 7.38. The third kappa shape index (κ3) is 3.82. The highest BCUT2D eigenvalue weighted by molar-refractivity contribution is 5.78. The molecule has 7 heteroatoms. The summed E-state index contributed by atoms with van der Waals surface area (Å²) in [5.74, 6) is 0.306. The fraction of sp³-hybridized carbons (Fsp3) is 0.611. The summed E-state index contributed by atoms with van der Waals surface area (Å²) in [7, 11) is 0. The van der Waals surface area contributed by atoms with E-state index in [1.807, 2.05) is 17.3 Å². The van der Waals surface area contributed by atoms with Crippen LogP contribution in [0.1, 0.15) is 25.0 Å². The van der Waals surface area contributed by atoms with Crippen molar-refractivity contribution in [1.82, 2.24) is 29.1 Å². The molecule has 0 radical (unpaired) electrons. The number of carbonyl (C=O) groups excluding carboxylic acids is 1. The Hall–Kier alpha value is -1.99. The number of hydrogen-bond acceptors (Lipinski definition) is 5. The Labute approximate surface area is 148 Å². The molecule has 2 saturated heterocycles. The van der Waals surface area contributed by atoms with Crippen LogP contribution >= 0.6 is 0 Å². The smallest absolute Gasteiger partial charge is 0.236 e. The Morgan fingerprint density at radius 1 is 0.960 bits per heavy atom. The molecule has 1 amide bonds. The Morgan fingerprint density at radius 2 is 1.76 bits per heavy atom. The van der Waals surface area contributed by atoms with Crippen LogP contribution in [0.3, 0.4) is 0 Å². The largest absolute Gasteiger partial charge is 0.342 e. The van der Waals surface area contributed by atoms with Gasteiger partial charge in [0, 0.05) is 45.1 Å². The van der Waals surface area contributed by atoms with Crippen molar-refractivity contribution in [2.75, 3.05) is 45.8 Å². The van der Waals surface area contributed by atoms with Gasteiger partial charge >= 0.3 is 0 Å². The van der Waals surface area contributed by atoms with Crippen molar-refractivity contribution in [2.45, 2.75) is 25.8 Å². The molecule has 0 aromatic carbocycles. The highest BCUT2D eigenvalue weighted by Gasteiger charge is 2.22. The number of aromatic nitrogens is 3. The van der Waals surface area contributed by atoms with Gasteiger partial charge in [0.25, 0.3) is 0 Å². The summed E-state index contributed by atoms with van der Waals surface area (Å²) < 4.78 is 2.10. The first kappa shape index (κ1) is 16.5. The fourth-order valence-corrected chi connectivity index (χ4v) is 3.84. The number of likely N-dealkylation sites (tertiary alicyclic amines) is 1. The number of carbonyl (C=O) groups is 1. The molecule has 2 aromatic rings. The van der Waals surface area contributed by atoms with Crippen LogP contribution < -0.4 is 0 Å². The highest BCUT2D eigenvalue weighted by atomic mass is 16.2. The summed E-state index contributed by atoms with van der Waals surface area (Å²) in [5, 5.41) is 0. The molecule has 0 bridgehead atoms. The monoisotopic (exact) mass is 342 g/mol. The van der Waals surface area contributed by atoms with Gasteiger partial charge in [-0.3, -0.25) is 24.0 Å². The lowest BCUT2D eigenvalue weighted by Gasteiger charge is -2.23. The fourth-order valence-electron chi connectivity index (χ4n) is 3.84. The highest BCUT2D eigenvalue weighted by Crippen LogP contribution is 2.12. The molecule has 0 atom stereocenters. The van der Waals surface area contributed by atoms with Gasteiger partial charge in [-0.05, 0) is 32.4 Å². The van der Waals surface area contributed by atoms with Crippen LogP contribution in [-0.4, -0.2) is 80.8 Å². The number of rotatable bonds is 4. The number of nitrogens with zero attached hydrogens (tertiary/aromatic N) is 6. The third-order valence-corrected chi connectivity index (χ3v) is 5.28. The Balaban J connectivity index is 1.32. The minimum atomic E-state index is 0.306. The number of imidazole rings is 1. The zero-order valence-corrected chi connectivity index (χ0v) is 14.7. The van der Waals surface area contributed by atoms with Crippen LogP contribution in [0.5, 0.6) is 0 Å². The molecule has 0 saturated carbocycles. The molecule has 0 spiro atoms. The maximum atomic E-state index is 12.4. The predicted molar refractivity (Wildman–Crippen MR) is 95.1 cm³/mol. The van der Waals surface area contributed by atoms with Gasteiger partial charge in [0.2, 0.25) is 5.91 Å². The third-order valence-electron chi connectivity index (χ3n) is 5.28. The van der Waals surface area contributed by atoms with Crippen molar-refractivity contribution in [3.63, 3.8) is 0 Å². The normalized spacial score (nSPS) is 20.2. The van der Waals surface area contributed by atoms with Crippen LogP contribution in [0.2, 0.25) is 0 Å². The van der Waals surface area contributed by atoms with Crippen molar-refractivity contribution >= 4 is 11.6 Å². The van der Waals surface area contributed by atoms with Crippen molar-refractivity contribution in [3.8, 4) is 0 Å². The maximum absolute atomic E-state index is 12.4. The predicted octanol–water partition coefficient (Wildman–Crippen LogP) is 0.859. The number of fused-ring (bicyclic) bond motifs is 1. The molecular formula is C18H26N6O. The Morgan fingerprint density at radius 3 is 2.64 bits per heavy atom. The molecule has 2 fully saturated rings. The minimum absolute atomic E-state index is 0.306. The lowest BCUT2D eigenvalue weighted by atomic mass is 10.3. The second kappa shape index (κ2) is 7.49. The molecule has 2 aliphatic heterocycles. The van der Waals surface area contributed by atoms with E-state index in [9.17, 15) is 4.79 Å². The summed E-state index contributed by atoms with van der Waals surface area (Å²) in [6.07, 6.45) is 10.9. The van der Waals surface area contributed by atoms with Crippen LogP contribution in [-0.2, 0) is 11.3 Å². The van der Waals surface area contributed by atoms with Gasteiger partial charge in [-0.15, -0.1) is 0 Å². The van der Waals surface area contributed by atoms with E-state index in [1.165, 1.54) is 5.69 Å². The summed E-state index contributed by atoms with van der Waals surface area (Å²) in [5.41, 5.74) is 2.09. The average molecular weight is 342 g/mol. The van der Waals surface area contributed by atoms with E-state index in [1.54, 1.807) is 12.4 Å². The second-order valence-corrected chi connectivity index (χ2v) is 7.05. The molecule has 2 aromatic heterocycles.